The van der Waals surface area contributed by atoms with Crippen LogP contribution in [0.15, 0.2) is 18.5 Å². The fraction of sp³-hybridized carbons (Fsp3) is 0.500. The lowest BCUT2D eigenvalue weighted by Gasteiger charge is -2.14. The number of hydrogen-bond acceptors (Lipinski definition) is 5. The van der Waals surface area contributed by atoms with Gasteiger partial charge in [0.25, 0.3) is 5.91 Å². The summed E-state index contributed by atoms with van der Waals surface area (Å²) in [4.78, 5) is 17.9. The van der Waals surface area contributed by atoms with Gasteiger partial charge in [-0.2, -0.15) is 5.10 Å². The van der Waals surface area contributed by atoms with Crippen molar-refractivity contribution in [1.29, 1.82) is 0 Å². The molecule has 3 heterocycles. The summed E-state index contributed by atoms with van der Waals surface area (Å²) in [5, 5.41) is 4.29. The van der Waals surface area contributed by atoms with Crippen LogP contribution in [0.3, 0.4) is 0 Å². The highest BCUT2D eigenvalue weighted by Crippen LogP contribution is 2.29. The predicted molar refractivity (Wildman–Crippen MR) is 84.8 cm³/mol. The van der Waals surface area contributed by atoms with E-state index in [2.05, 4.69) is 10.1 Å². The highest BCUT2D eigenvalue weighted by atomic mass is 32.2. The first-order chi connectivity index (χ1) is 10.8. The van der Waals surface area contributed by atoms with Gasteiger partial charge in [-0.15, -0.1) is 0 Å². The number of sulfonamides is 1. The molecule has 0 radical (unpaired) electrons. The Morgan fingerprint density at radius 1 is 1.39 bits per heavy atom. The zero-order valence-corrected chi connectivity index (χ0v) is 14.1. The van der Waals surface area contributed by atoms with E-state index < -0.39 is 10.0 Å². The molecule has 0 saturated carbocycles. The molecule has 124 valence electrons. The number of nitrogens with zero attached hydrogens (tertiary/aromatic N) is 5. The van der Waals surface area contributed by atoms with Crippen molar-refractivity contribution in [2.45, 2.75) is 12.3 Å². The van der Waals surface area contributed by atoms with Crippen molar-refractivity contribution >= 4 is 21.6 Å². The third-order valence-corrected chi connectivity index (χ3v) is 5.38. The summed E-state index contributed by atoms with van der Waals surface area (Å²) in [7, 11) is 0.166. The fourth-order valence-corrected chi connectivity index (χ4v) is 3.77. The number of aromatic nitrogens is 3. The maximum absolute atomic E-state index is 12.2. The Balaban J connectivity index is 1.99. The minimum atomic E-state index is -3.19. The fourth-order valence-electron chi connectivity index (χ4n) is 2.88. The first kappa shape index (κ1) is 15.9. The van der Waals surface area contributed by atoms with E-state index in [4.69, 9.17) is 0 Å². The van der Waals surface area contributed by atoms with Crippen molar-refractivity contribution in [3.63, 3.8) is 0 Å². The summed E-state index contributed by atoms with van der Waals surface area (Å²) >= 11 is 0. The maximum atomic E-state index is 12.2. The Hall–Kier alpha value is -2.00. The van der Waals surface area contributed by atoms with Gasteiger partial charge in [0, 0.05) is 39.3 Å². The van der Waals surface area contributed by atoms with Gasteiger partial charge in [-0.05, 0) is 12.5 Å². The first-order valence-electron chi connectivity index (χ1n) is 7.28. The van der Waals surface area contributed by atoms with Gasteiger partial charge in [0.2, 0.25) is 10.0 Å². The second-order valence-corrected chi connectivity index (χ2v) is 7.95. The van der Waals surface area contributed by atoms with Gasteiger partial charge in [-0.25, -0.2) is 22.2 Å². The smallest absolute Gasteiger partial charge is 0.258 e. The zero-order valence-electron chi connectivity index (χ0n) is 13.3. The highest BCUT2D eigenvalue weighted by Gasteiger charge is 2.31. The summed E-state index contributed by atoms with van der Waals surface area (Å²) in [5.41, 5.74) is 1.81. The summed E-state index contributed by atoms with van der Waals surface area (Å²) < 4.78 is 26.5. The average Bonchev–Trinajstić information content (AvgIpc) is 3.12. The van der Waals surface area contributed by atoms with Crippen LogP contribution in [0.2, 0.25) is 0 Å². The summed E-state index contributed by atoms with van der Waals surface area (Å²) in [5.74, 6) is -0.119. The molecule has 0 aliphatic carbocycles. The lowest BCUT2D eigenvalue weighted by atomic mass is 10.0. The lowest BCUT2D eigenvalue weighted by molar-refractivity contribution is 0.0829. The summed E-state index contributed by atoms with van der Waals surface area (Å²) in [6.07, 6.45) is 5.10. The number of amides is 1. The van der Waals surface area contributed by atoms with E-state index >= 15 is 0 Å². The average molecular weight is 337 g/mol. The second kappa shape index (κ2) is 5.57. The van der Waals surface area contributed by atoms with Crippen molar-refractivity contribution < 1.29 is 13.2 Å². The third kappa shape index (κ3) is 2.81. The van der Waals surface area contributed by atoms with Gasteiger partial charge in [-0.1, -0.05) is 0 Å². The van der Waals surface area contributed by atoms with E-state index in [1.54, 1.807) is 24.8 Å². The molecule has 3 rings (SSSR count). The minimum absolute atomic E-state index is 0.0393. The summed E-state index contributed by atoms with van der Waals surface area (Å²) in [6, 6.07) is 1.83. The van der Waals surface area contributed by atoms with Gasteiger partial charge in [-0.3, -0.25) is 4.79 Å². The Bertz CT molecular complexity index is 858. The second-order valence-electron chi connectivity index (χ2n) is 5.97. The van der Waals surface area contributed by atoms with Crippen LogP contribution < -0.4 is 0 Å². The quantitative estimate of drug-likeness (QED) is 0.797. The molecule has 1 atom stereocenters. The topological polar surface area (TPSA) is 87.9 Å². The van der Waals surface area contributed by atoms with Crippen LogP contribution in [0.1, 0.15) is 28.4 Å². The van der Waals surface area contributed by atoms with E-state index in [1.807, 2.05) is 6.07 Å². The molecule has 23 heavy (non-hydrogen) atoms. The van der Waals surface area contributed by atoms with E-state index in [0.29, 0.717) is 24.3 Å². The molecule has 8 nitrogen and oxygen atoms in total. The molecular formula is C14H19N5O3S. The molecule has 1 aliphatic heterocycles. The molecule has 1 fully saturated rings. The molecule has 1 aliphatic rings. The van der Waals surface area contributed by atoms with Crippen molar-refractivity contribution in [2.24, 2.45) is 0 Å². The van der Waals surface area contributed by atoms with Crippen LogP contribution >= 0.6 is 0 Å². The minimum Gasteiger partial charge on any atom is -0.345 e. The molecule has 1 amide bonds. The third-order valence-electron chi connectivity index (χ3n) is 4.11. The van der Waals surface area contributed by atoms with Crippen molar-refractivity contribution in [3.05, 3.63) is 29.7 Å². The van der Waals surface area contributed by atoms with Gasteiger partial charge >= 0.3 is 0 Å². The van der Waals surface area contributed by atoms with Crippen LogP contribution in [-0.2, 0) is 10.0 Å². The SMILES string of the molecule is CN(C)C(=O)c1cnn2c([C@H]3CCN(S(C)(=O)=O)C3)ccnc12. The van der Waals surface area contributed by atoms with Crippen molar-refractivity contribution in [2.75, 3.05) is 33.4 Å². The van der Waals surface area contributed by atoms with Crippen LogP contribution in [0.25, 0.3) is 5.65 Å². The Kier molecular flexibility index (Phi) is 3.85. The van der Waals surface area contributed by atoms with E-state index in [-0.39, 0.29) is 11.8 Å². The monoisotopic (exact) mass is 337 g/mol. The number of hydrogen-bond donors (Lipinski definition) is 0. The Morgan fingerprint density at radius 2 is 2.13 bits per heavy atom. The Morgan fingerprint density at radius 3 is 2.74 bits per heavy atom. The van der Waals surface area contributed by atoms with Crippen LogP contribution in [0, 0.1) is 0 Å². The largest absolute Gasteiger partial charge is 0.345 e. The molecule has 0 aromatic carbocycles. The number of rotatable bonds is 3. The normalized spacial score (nSPS) is 19.3. The van der Waals surface area contributed by atoms with Gasteiger partial charge in [0.15, 0.2) is 5.65 Å². The van der Waals surface area contributed by atoms with Gasteiger partial charge in [0.05, 0.1) is 18.1 Å². The van der Waals surface area contributed by atoms with Crippen LogP contribution in [0.4, 0.5) is 0 Å². The molecule has 0 bridgehead atoms. The molecule has 0 spiro atoms. The van der Waals surface area contributed by atoms with Crippen molar-refractivity contribution in [3.8, 4) is 0 Å². The molecule has 2 aromatic rings. The van der Waals surface area contributed by atoms with E-state index in [9.17, 15) is 13.2 Å². The zero-order chi connectivity index (χ0) is 16.8. The van der Waals surface area contributed by atoms with E-state index in [0.717, 1.165) is 12.1 Å². The Labute approximate surface area is 134 Å². The molecule has 9 heteroatoms. The molecule has 2 aromatic heterocycles. The molecule has 1 saturated heterocycles. The standard InChI is InChI=1S/C14H19N5O3S/c1-17(2)14(20)11-8-16-19-12(4-6-15-13(11)19)10-5-7-18(9-10)23(3,21)22/h4,6,8,10H,5,7,9H2,1-3H3/t10-/m0/s1. The predicted octanol–water partition coefficient (Wildman–Crippen LogP) is 0.180. The van der Waals surface area contributed by atoms with Crippen molar-refractivity contribution in [1.82, 2.24) is 23.8 Å². The van der Waals surface area contributed by atoms with Gasteiger partial charge in [0.1, 0.15) is 5.56 Å². The van der Waals surface area contributed by atoms with E-state index in [1.165, 1.54) is 21.7 Å². The molecule has 0 unspecified atom stereocenters. The summed E-state index contributed by atoms with van der Waals surface area (Å²) in [6.45, 7) is 0.923. The maximum Gasteiger partial charge on any atom is 0.258 e. The highest BCUT2D eigenvalue weighted by molar-refractivity contribution is 7.88. The number of carbonyl (C=O) groups excluding carboxylic acids is 1. The lowest BCUT2D eigenvalue weighted by Crippen LogP contribution is -2.27. The molecular weight excluding hydrogens is 318 g/mol. The molecule has 0 N–H and O–H groups in total. The number of fused-ring (bicyclic) bond motifs is 1. The van der Waals surface area contributed by atoms with Crippen LogP contribution in [0.5, 0.6) is 0 Å². The van der Waals surface area contributed by atoms with Crippen LogP contribution in [-0.4, -0.2) is 71.6 Å². The first-order valence-corrected chi connectivity index (χ1v) is 9.13. The van der Waals surface area contributed by atoms with Gasteiger partial charge < -0.3 is 4.90 Å². The number of carbonyl (C=O) groups is 1.